The van der Waals surface area contributed by atoms with Crippen molar-refractivity contribution in [3.63, 3.8) is 0 Å². The van der Waals surface area contributed by atoms with E-state index >= 15 is 0 Å². The van der Waals surface area contributed by atoms with Crippen molar-refractivity contribution in [3.8, 4) is 0 Å². The molecule has 5 nitrogen and oxygen atoms in total. The lowest BCUT2D eigenvalue weighted by atomic mass is 9.76. The summed E-state index contributed by atoms with van der Waals surface area (Å²) in [5.74, 6) is 1.02. The van der Waals surface area contributed by atoms with Gasteiger partial charge in [0.2, 0.25) is 0 Å². The maximum atomic E-state index is 13.3. The van der Waals surface area contributed by atoms with Crippen LogP contribution in [-0.2, 0) is 10.5 Å². The van der Waals surface area contributed by atoms with E-state index in [0.717, 1.165) is 41.0 Å². The van der Waals surface area contributed by atoms with E-state index in [2.05, 4.69) is 35.4 Å². The molecule has 0 saturated carbocycles. The number of allylic oxidation sites excluding steroid dienone is 2. The number of thioether (sulfide) groups is 1. The number of carbonyl (C=O) groups excluding carboxylic acids is 1. The predicted molar refractivity (Wildman–Crippen MR) is 128 cm³/mol. The molecule has 3 aromatic rings. The van der Waals surface area contributed by atoms with Gasteiger partial charge >= 0.3 is 0 Å². The Morgan fingerprint density at radius 1 is 1.03 bits per heavy atom. The number of ketones is 1. The molecule has 0 unspecified atom stereocenters. The Kier molecular flexibility index (Phi) is 5.47. The first-order chi connectivity index (χ1) is 15.5. The lowest BCUT2D eigenvalue weighted by Crippen LogP contribution is -2.32. The number of H-pyrrole nitrogens is 1. The number of hydrogen-bond donors (Lipinski definition) is 2. The molecule has 6 heteroatoms. The van der Waals surface area contributed by atoms with Crippen LogP contribution in [0.15, 0.2) is 69.8 Å². The van der Waals surface area contributed by atoms with Gasteiger partial charge in [-0.1, -0.05) is 71.4 Å². The van der Waals surface area contributed by atoms with Crippen LogP contribution in [0.1, 0.15) is 53.0 Å². The Hall–Kier alpha value is -3.12. The quantitative estimate of drug-likeness (QED) is 0.426. The molecule has 0 spiro atoms. The first-order valence-electron chi connectivity index (χ1n) is 10.9. The van der Waals surface area contributed by atoms with Crippen LogP contribution in [0.3, 0.4) is 0 Å². The highest BCUT2D eigenvalue weighted by Crippen LogP contribution is 2.43. The molecule has 1 atom stereocenters. The fourth-order valence-corrected chi connectivity index (χ4v) is 5.36. The largest absolute Gasteiger partial charge is 0.343 e. The van der Waals surface area contributed by atoms with Gasteiger partial charge in [0.15, 0.2) is 10.9 Å². The lowest BCUT2D eigenvalue weighted by Gasteiger charge is -2.32. The average Bonchev–Trinajstić information content (AvgIpc) is 2.77. The maximum absolute atomic E-state index is 13.3. The van der Waals surface area contributed by atoms with Crippen molar-refractivity contribution >= 4 is 23.4 Å². The number of benzene rings is 2. The monoisotopic (exact) mass is 443 g/mol. The maximum Gasteiger partial charge on any atom is 0.257 e. The van der Waals surface area contributed by atoms with Crippen LogP contribution in [0.5, 0.6) is 0 Å². The summed E-state index contributed by atoms with van der Waals surface area (Å²) < 4.78 is 0. The normalized spacial score (nSPS) is 17.6. The van der Waals surface area contributed by atoms with E-state index in [-0.39, 0.29) is 17.3 Å². The van der Waals surface area contributed by atoms with Crippen molar-refractivity contribution < 1.29 is 4.79 Å². The van der Waals surface area contributed by atoms with Crippen molar-refractivity contribution in [1.29, 1.82) is 0 Å². The number of fused-ring (bicyclic) bond motifs is 1. The molecule has 0 bridgehead atoms. The topological polar surface area (TPSA) is 74.8 Å². The Labute approximate surface area is 191 Å². The van der Waals surface area contributed by atoms with Gasteiger partial charge < -0.3 is 10.3 Å². The minimum Gasteiger partial charge on any atom is -0.343 e. The molecular weight excluding hydrogens is 418 g/mol. The first kappa shape index (κ1) is 20.8. The summed E-state index contributed by atoms with van der Waals surface area (Å²) in [7, 11) is 0. The second-order valence-corrected chi connectivity index (χ2v) is 9.51. The molecule has 0 fully saturated rings. The van der Waals surface area contributed by atoms with Gasteiger partial charge in [-0.2, -0.15) is 0 Å². The molecule has 2 aromatic carbocycles. The third-order valence-corrected chi connectivity index (χ3v) is 7.05. The van der Waals surface area contributed by atoms with Crippen LogP contribution in [0, 0.1) is 13.8 Å². The molecule has 2 heterocycles. The van der Waals surface area contributed by atoms with Crippen LogP contribution in [-0.4, -0.2) is 15.8 Å². The summed E-state index contributed by atoms with van der Waals surface area (Å²) in [6.45, 7) is 4.10. The van der Waals surface area contributed by atoms with Gasteiger partial charge in [0.25, 0.3) is 5.56 Å². The lowest BCUT2D eigenvalue weighted by molar-refractivity contribution is -0.116. The van der Waals surface area contributed by atoms with E-state index in [1.165, 1.54) is 22.9 Å². The third-order valence-electron chi connectivity index (χ3n) is 6.11. The highest BCUT2D eigenvalue weighted by Gasteiger charge is 2.37. The fraction of sp³-hybridized carbons (Fsp3) is 0.269. The smallest absolute Gasteiger partial charge is 0.257 e. The van der Waals surface area contributed by atoms with Gasteiger partial charge in [0.1, 0.15) is 5.82 Å². The van der Waals surface area contributed by atoms with Gasteiger partial charge in [-0.05, 0) is 37.8 Å². The number of aromatic nitrogens is 2. The number of Topliss-reactive ketones (excluding diaryl/α,β-unsaturated/α-hetero) is 1. The minimum absolute atomic E-state index is 0.118. The van der Waals surface area contributed by atoms with E-state index in [1.54, 1.807) is 0 Å². The molecule has 32 heavy (non-hydrogen) atoms. The van der Waals surface area contributed by atoms with Crippen LogP contribution in [0.25, 0.3) is 0 Å². The van der Waals surface area contributed by atoms with Crippen molar-refractivity contribution in [2.24, 2.45) is 0 Å². The second kappa shape index (κ2) is 8.43. The molecule has 0 amide bonds. The summed E-state index contributed by atoms with van der Waals surface area (Å²) >= 11 is 1.51. The molecule has 1 aliphatic heterocycles. The fourth-order valence-electron chi connectivity index (χ4n) is 4.55. The van der Waals surface area contributed by atoms with E-state index in [1.807, 2.05) is 37.3 Å². The summed E-state index contributed by atoms with van der Waals surface area (Å²) in [6.07, 6.45) is 2.13. The predicted octanol–water partition coefficient (Wildman–Crippen LogP) is 5.24. The number of aryl methyl sites for hydroxylation is 2. The zero-order valence-corrected chi connectivity index (χ0v) is 19.0. The summed E-state index contributed by atoms with van der Waals surface area (Å²) in [6, 6.07) is 16.4. The number of anilines is 1. The van der Waals surface area contributed by atoms with Crippen molar-refractivity contribution in [3.05, 3.63) is 98.0 Å². The van der Waals surface area contributed by atoms with Gasteiger partial charge in [0, 0.05) is 29.4 Å². The number of nitrogens with one attached hydrogen (secondary N) is 2. The highest BCUT2D eigenvalue weighted by atomic mass is 32.2. The first-order valence-corrected chi connectivity index (χ1v) is 11.9. The Morgan fingerprint density at radius 3 is 2.62 bits per heavy atom. The molecule has 0 radical (unpaired) electrons. The van der Waals surface area contributed by atoms with Crippen LogP contribution in [0.2, 0.25) is 0 Å². The van der Waals surface area contributed by atoms with E-state index in [0.29, 0.717) is 23.0 Å². The average molecular weight is 444 g/mol. The van der Waals surface area contributed by atoms with Crippen LogP contribution in [0.4, 0.5) is 5.82 Å². The summed E-state index contributed by atoms with van der Waals surface area (Å²) in [4.78, 5) is 34.0. The summed E-state index contributed by atoms with van der Waals surface area (Å²) in [5, 5.41) is 3.92. The number of nitrogens with zero attached hydrogens (tertiary/aromatic N) is 1. The van der Waals surface area contributed by atoms with Gasteiger partial charge in [-0.25, -0.2) is 4.98 Å². The van der Waals surface area contributed by atoms with Gasteiger partial charge in [-0.15, -0.1) is 0 Å². The van der Waals surface area contributed by atoms with Crippen LogP contribution < -0.4 is 10.9 Å². The third kappa shape index (κ3) is 3.91. The van der Waals surface area contributed by atoms with Gasteiger partial charge in [0.05, 0.1) is 5.56 Å². The molecule has 1 aromatic heterocycles. The standard InChI is InChI=1S/C26H25N3O2S/c1-15-9-11-18(12-10-15)21-22-19(7-4-8-20(22)30)27-24-23(21)25(31)29-26(28-24)32-14-17-6-3-5-16(2)13-17/h3,5-6,9-13,21H,4,7-8,14H2,1-2H3,(H2,27,28,29,31)/t21-/m1/s1. The molecule has 0 saturated heterocycles. The van der Waals surface area contributed by atoms with Gasteiger partial charge in [-0.3, -0.25) is 9.59 Å². The van der Waals surface area contributed by atoms with E-state index in [4.69, 9.17) is 4.98 Å². The zero-order valence-electron chi connectivity index (χ0n) is 18.2. The number of hydrogen-bond acceptors (Lipinski definition) is 5. The van der Waals surface area contributed by atoms with Crippen LogP contribution >= 0.6 is 11.8 Å². The molecule has 162 valence electrons. The highest BCUT2D eigenvalue weighted by molar-refractivity contribution is 7.98. The van der Waals surface area contributed by atoms with Crippen molar-refractivity contribution in [2.45, 2.75) is 49.9 Å². The second-order valence-electron chi connectivity index (χ2n) is 8.55. The molecular formula is C26H25N3O2S. The Bertz CT molecular complexity index is 1290. The molecule has 2 aliphatic rings. The van der Waals surface area contributed by atoms with Crippen molar-refractivity contribution in [2.75, 3.05) is 5.32 Å². The minimum atomic E-state index is -0.387. The van der Waals surface area contributed by atoms with Crippen molar-refractivity contribution in [1.82, 2.24) is 9.97 Å². The Balaban J connectivity index is 1.55. The van der Waals surface area contributed by atoms with E-state index in [9.17, 15) is 9.59 Å². The summed E-state index contributed by atoms with van der Waals surface area (Å²) in [5.41, 5.74) is 6.46. The number of rotatable bonds is 4. The number of carbonyl (C=O) groups is 1. The SMILES string of the molecule is Cc1ccc([C@@H]2C3=C(CCCC3=O)Nc3nc(SCc4cccc(C)c4)[nH]c(=O)c32)cc1. The Morgan fingerprint density at radius 2 is 1.84 bits per heavy atom. The molecule has 5 rings (SSSR count). The zero-order chi connectivity index (χ0) is 22.2. The molecule has 1 aliphatic carbocycles. The number of aromatic amines is 1. The van der Waals surface area contributed by atoms with E-state index < -0.39 is 0 Å². The molecule has 2 N–H and O–H groups in total.